The van der Waals surface area contributed by atoms with Crippen LogP contribution in [-0.2, 0) is 20.4 Å². The van der Waals surface area contributed by atoms with Crippen LogP contribution in [-0.4, -0.2) is 26.1 Å². The number of rotatable bonds is 6. The van der Waals surface area contributed by atoms with E-state index in [1.165, 1.54) is 6.42 Å². The zero-order valence-electron chi connectivity index (χ0n) is 14.9. The van der Waals surface area contributed by atoms with Gasteiger partial charge in [0.25, 0.3) is 0 Å². The van der Waals surface area contributed by atoms with Crippen molar-refractivity contribution in [3.8, 4) is 0 Å². The maximum absolute atomic E-state index is 12.2. The molecule has 3 atom stereocenters. The van der Waals surface area contributed by atoms with E-state index in [0.29, 0.717) is 11.8 Å². The third-order valence-corrected chi connectivity index (χ3v) is 6.80. The van der Waals surface area contributed by atoms with E-state index in [0.717, 1.165) is 24.0 Å². The number of carbonyl (C=O) groups excluding carboxylic acids is 1. The largest absolute Gasteiger partial charge is 0.353 e. The van der Waals surface area contributed by atoms with Crippen molar-refractivity contribution in [3.05, 3.63) is 35.4 Å². The van der Waals surface area contributed by atoms with Crippen molar-refractivity contribution in [1.82, 2.24) is 5.32 Å². The van der Waals surface area contributed by atoms with Gasteiger partial charge in [-0.05, 0) is 30.7 Å². The van der Waals surface area contributed by atoms with Gasteiger partial charge in [-0.2, -0.15) is 0 Å². The van der Waals surface area contributed by atoms with E-state index < -0.39 is 9.84 Å². The van der Waals surface area contributed by atoms with Gasteiger partial charge >= 0.3 is 0 Å². The van der Waals surface area contributed by atoms with Crippen molar-refractivity contribution in [2.75, 3.05) is 5.75 Å². The highest BCUT2D eigenvalue weighted by molar-refractivity contribution is 7.90. The van der Waals surface area contributed by atoms with E-state index in [-0.39, 0.29) is 29.9 Å². The van der Waals surface area contributed by atoms with Gasteiger partial charge in [-0.3, -0.25) is 4.79 Å². The summed E-state index contributed by atoms with van der Waals surface area (Å²) in [5, 5.41) is 3.04. The van der Waals surface area contributed by atoms with Gasteiger partial charge in [-0.15, -0.1) is 0 Å². The Kier molecular flexibility index (Phi) is 6.44. The standard InChI is InChI=1S/C19H29NO3S/c1-14-7-9-17(10-8-14)13-24(22,23)12-11-19(21)20-18-6-4-5-15(2)16(18)3/h7-10,15-16,18H,4-6,11-13H2,1-3H3,(H,20,21). The molecule has 1 N–H and O–H groups in total. The van der Waals surface area contributed by atoms with Gasteiger partial charge in [0.2, 0.25) is 5.91 Å². The Hall–Kier alpha value is -1.36. The third-order valence-electron chi connectivity index (χ3n) is 5.20. The molecule has 0 bridgehead atoms. The maximum Gasteiger partial charge on any atom is 0.221 e. The normalized spacial score (nSPS) is 24.5. The Morgan fingerprint density at radius 2 is 1.83 bits per heavy atom. The van der Waals surface area contributed by atoms with Crippen LogP contribution in [0, 0.1) is 18.8 Å². The molecule has 1 aromatic carbocycles. The molecule has 0 aromatic heterocycles. The maximum atomic E-state index is 12.2. The van der Waals surface area contributed by atoms with E-state index in [2.05, 4.69) is 19.2 Å². The lowest BCUT2D eigenvalue weighted by Gasteiger charge is -2.34. The minimum atomic E-state index is -3.27. The minimum absolute atomic E-state index is 0.00255. The number of amides is 1. The first-order valence-corrected chi connectivity index (χ1v) is 10.6. The van der Waals surface area contributed by atoms with Crippen molar-refractivity contribution in [2.45, 2.75) is 58.2 Å². The summed E-state index contributed by atoms with van der Waals surface area (Å²) in [6, 6.07) is 7.66. The molecule has 1 aromatic rings. The van der Waals surface area contributed by atoms with Crippen LogP contribution in [0.2, 0.25) is 0 Å². The summed E-state index contributed by atoms with van der Waals surface area (Å²) in [4.78, 5) is 12.1. The van der Waals surface area contributed by atoms with Gasteiger partial charge in [0, 0.05) is 12.5 Å². The van der Waals surface area contributed by atoms with Gasteiger partial charge in [-0.1, -0.05) is 56.5 Å². The summed E-state index contributed by atoms with van der Waals surface area (Å²) in [5.41, 5.74) is 1.88. The van der Waals surface area contributed by atoms with Crippen molar-refractivity contribution in [3.63, 3.8) is 0 Å². The molecule has 1 aliphatic carbocycles. The van der Waals surface area contributed by atoms with Crippen LogP contribution >= 0.6 is 0 Å². The molecule has 4 nitrogen and oxygen atoms in total. The summed E-state index contributed by atoms with van der Waals surface area (Å²) in [7, 11) is -3.27. The summed E-state index contributed by atoms with van der Waals surface area (Å²) >= 11 is 0. The molecule has 0 radical (unpaired) electrons. The molecule has 5 heteroatoms. The second-order valence-electron chi connectivity index (χ2n) is 7.27. The van der Waals surface area contributed by atoms with Gasteiger partial charge in [0.1, 0.15) is 0 Å². The highest BCUT2D eigenvalue weighted by Crippen LogP contribution is 2.29. The van der Waals surface area contributed by atoms with Crippen LogP contribution in [0.25, 0.3) is 0 Å². The van der Waals surface area contributed by atoms with E-state index in [4.69, 9.17) is 0 Å². The predicted octanol–water partition coefficient (Wildman–Crippen LogP) is 3.24. The van der Waals surface area contributed by atoms with E-state index in [1.54, 1.807) is 0 Å². The highest BCUT2D eigenvalue weighted by Gasteiger charge is 2.28. The summed E-state index contributed by atoms with van der Waals surface area (Å²) < 4.78 is 24.4. The predicted molar refractivity (Wildman–Crippen MR) is 97.4 cm³/mol. The van der Waals surface area contributed by atoms with Crippen LogP contribution in [0.5, 0.6) is 0 Å². The van der Waals surface area contributed by atoms with E-state index >= 15 is 0 Å². The van der Waals surface area contributed by atoms with Crippen LogP contribution in [0.1, 0.15) is 50.7 Å². The van der Waals surface area contributed by atoms with Gasteiger partial charge in [0.05, 0.1) is 11.5 Å². The van der Waals surface area contributed by atoms with Crippen LogP contribution in [0.3, 0.4) is 0 Å². The molecule has 0 saturated heterocycles. The van der Waals surface area contributed by atoms with Crippen LogP contribution in [0.4, 0.5) is 0 Å². The Labute approximate surface area is 146 Å². The van der Waals surface area contributed by atoms with E-state index in [9.17, 15) is 13.2 Å². The van der Waals surface area contributed by atoms with Gasteiger partial charge < -0.3 is 5.32 Å². The van der Waals surface area contributed by atoms with Crippen LogP contribution < -0.4 is 5.32 Å². The number of aryl methyl sites for hydroxylation is 1. The topological polar surface area (TPSA) is 63.2 Å². The molecule has 0 heterocycles. The molecule has 24 heavy (non-hydrogen) atoms. The number of sulfone groups is 1. The second kappa shape index (κ2) is 8.15. The zero-order chi connectivity index (χ0) is 17.7. The molecule has 0 spiro atoms. The van der Waals surface area contributed by atoms with Crippen LogP contribution in [0.15, 0.2) is 24.3 Å². The lowest BCUT2D eigenvalue weighted by molar-refractivity contribution is -0.122. The molecule has 1 saturated carbocycles. The van der Waals surface area contributed by atoms with Gasteiger partial charge in [0.15, 0.2) is 9.84 Å². The zero-order valence-corrected chi connectivity index (χ0v) is 15.7. The molecule has 1 amide bonds. The molecule has 1 fully saturated rings. The average Bonchev–Trinajstić information content (AvgIpc) is 2.52. The monoisotopic (exact) mass is 351 g/mol. The SMILES string of the molecule is Cc1ccc(CS(=O)(=O)CCC(=O)NC2CCCC(C)C2C)cc1. The molecular weight excluding hydrogens is 322 g/mol. The first-order chi connectivity index (χ1) is 11.3. The molecule has 3 unspecified atom stereocenters. The fourth-order valence-corrected chi connectivity index (χ4v) is 4.66. The average molecular weight is 352 g/mol. The summed E-state index contributed by atoms with van der Waals surface area (Å²) in [5.74, 6) is 0.815. The minimum Gasteiger partial charge on any atom is -0.353 e. The molecular formula is C19H29NO3S. The number of carbonyl (C=O) groups is 1. The van der Waals surface area contributed by atoms with Crippen molar-refractivity contribution >= 4 is 15.7 Å². The Balaban J connectivity index is 1.82. The fourth-order valence-electron chi connectivity index (χ4n) is 3.32. The molecule has 0 aliphatic heterocycles. The lowest BCUT2D eigenvalue weighted by atomic mass is 9.78. The Morgan fingerprint density at radius 1 is 1.17 bits per heavy atom. The quantitative estimate of drug-likeness (QED) is 0.856. The van der Waals surface area contributed by atoms with E-state index in [1.807, 2.05) is 31.2 Å². The van der Waals surface area contributed by atoms with Crippen molar-refractivity contribution < 1.29 is 13.2 Å². The fraction of sp³-hybridized carbons (Fsp3) is 0.632. The first-order valence-electron chi connectivity index (χ1n) is 8.82. The number of hydrogen-bond acceptors (Lipinski definition) is 3. The van der Waals surface area contributed by atoms with Crippen molar-refractivity contribution in [2.24, 2.45) is 11.8 Å². The summed E-state index contributed by atoms with van der Waals surface area (Å²) in [6.45, 7) is 6.35. The molecule has 134 valence electrons. The number of hydrogen-bond donors (Lipinski definition) is 1. The smallest absolute Gasteiger partial charge is 0.221 e. The highest BCUT2D eigenvalue weighted by atomic mass is 32.2. The second-order valence-corrected chi connectivity index (χ2v) is 9.45. The lowest BCUT2D eigenvalue weighted by Crippen LogP contribution is -2.44. The van der Waals surface area contributed by atoms with Crippen molar-refractivity contribution in [1.29, 1.82) is 0 Å². The first kappa shape index (κ1) is 19.0. The Morgan fingerprint density at radius 3 is 2.50 bits per heavy atom. The molecule has 1 aliphatic rings. The summed E-state index contributed by atoms with van der Waals surface area (Å²) in [6.07, 6.45) is 3.37. The number of benzene rings is 1. The third kappa shape index (κ3) is 5.62. The Bertz CT molecular complexity index is 652. The molecule has 2 rings (SSSR count). The number of nitrogens with one attached hydrogen (secondary N) is 1. The van der Waals surface area contributed by atoms with Gasteiger partial charge in [-0.25, -0.2) is 8.42 Å².